The average molecular weight is 155 g/mol. The summed E-state index contributed by atoms with van der Waals surface area (Å²) in [4.78, 5) is 3.75. The van der Waals surface area contributed by atoms with Crippen LogP contribution in [0, 0.1) is 0 Å². The number of aromatic hydroxyl groups is 1. The van der Waals surface area contributed by atoms with Gasteiger partial charge >= 0.3 is 0 Å². The topological polar surface area (TPSA) is 51.6 Å². The highest BCUT2D eigenvalue weighted by Gasteiger charge is 2.02. The standard InChI is InChI=1S/C7H9NO3/c1-10-6-3-7(11-2)8-4-5(6)9/h3-4,9H,1-2H3. The van der Waals surface area contributed by atoms with E-state index < -0.39 is 0 Å². The van der Waals surface area contributed by atoms with E-state index in [0.717, 1.165) is 0 Å². The van der Waals surface area contributed by atoms with E-state index in [0.29, 0.717) is 11.6 Å². The summed E-state index contributed by atoms with van der Waals surface area (Å²) < 4.78 is 9.63. The lowest BCUT2D eigenvalue weighted by Crippen LogP contribution is -1.89. The largest absolute Gasteiger partial charge is 0.503 e. The van der Waals surface area contributed by atoms with Gasteiger partial charge in [-0.1, -0.05) is 0 Å². The van der Waals surface area contributed by atoms with Gasteiger partial charge in [-0.15, -0.1) is 0 Å². The van der Waals surface area contributed by atoms with Crippen molar-refractivity contribution in [1.29, 1.82) is 0 Å². The third-order valence-corrected chi connectivity index (χ3v) is 1.25. The Hall–Kier alpha value is -1.45. The smallest absolute Gasteiger partial charge is 0.216 e. The molecule has 0 radical (unpaired) electrons. The molecule has 0 amide bonds. The monoisotopic (exact) mass is 155 g/mol. The molecule has 0 aromatic carbocycles. The van der Waals surface area contributed by atoms with Crippen LogP contribution >= 0.6 is 0 Å². The van der Waals surface area contributed by atoms with E-state index in [-0.39, 0.29) is 5.75 Å². The first-order valence-corrected chi connectivity index (χ1v) is 3.05. The normalized spacial score (nSPS) is 9.27. The van der Waals surface area contributed by atoms with Crippen LogP contribution in [0.4, 0.5) is 0 Å². The lowest BCUT2D eigenvalue weighted by molar-refractivity contribution is 0.356. The van der Waals surface area contributed by atoms with Gasteiger partial charge in [0.2, 0.25) is 5.88 Å². The highest BCUT2D eigenvalue weighted by atomic mass is 16.5. The van der Waals surface area contributed by atoms with Crippen LogP contribution in [-0.2, 0) is 0 Å². The fourth-order valence-electron chi connectivity index (χ4n) is 0.687. The van der Waals surface area contributed by atoms with Crippen LogP contribution in [0.5, 0.6) is 17.4 Å². The van der Waals surface area contributed by atoms with Crippen LogP contribution < -0.4 is 9.47 Å². The van der Waals surface area contributed by atoms with Crippen molar-refractivity contribution in [2.75, 3.05) is 14.2 Å². The van der Waals surface area contributed by atoms with E-state index in [1.54, 1.807) is 0 Å². The third kappa shape index (κ3) is 1.52. The number of hydrogen-bond acceptors (Lipinski definition) is 4. The Kier molecular flexibility index (Phi) is 2.15. The molecule has 0 aliphatic carbocycles. The van der Waals surface area contributed by atoms with E-state index in [2.05, 4.69) is 4.98 Å². The van der Waals surface area contributed by atoms with Crippen molar-refractivity contribution in [3.63, 3.8) is 0 Å². The van der Waals surface area contributed by atoms with E-state index >= 15 is 0 Å². The summed E-state index contributed by atoms with van der Waals surface area (Å²) in [7, 11) is 2.97. The Morgan fingerprint density at radius 2 is 2.09 bits per heavy atom. The summed E-state index contributed by atoms with van der Waals surface area (Å²) in [6.45, 7) is 0. The molecule has 11 heavy (non-hydrogen) atoms. The molecule has 0 bridgehead atoms. The second-order valence-electron chi connectivity index (χ2n) is 1.90. The Bertz CT molecular complexity index is 249. The number of aromatic nitrogens is 1. The van der Waals surface area contributed by atoms with Crippen molar-refractivity contribution in [2.45, 2.75) is 0 Å². The number of nitrogens with zero attached hydrogens (tertiary/aromatic N) is 1. The number of rotatable bonds is 2. The molecule has 1 heterocycles. The molecule has 0 saturated heterocycles. The lowest BCUT2D eigenvalue weighted by Gasteiger charge is -2.03. The summed E-state index contributed by atoms with van der Waals surface area (Å²) in [5.74, 6) is 0.782. The molecule has 0 unspecified atom stereocenters. The predicted molar refractivity (Wildman–Crippen MR) is 39.0 cm³/mol. The van der Waals surface area contributed by atoms with Crippen molar-refractivity contribution in [2.24, 2.45) is 0 Å². The predicted octanol–water partition coefficient (Wildman–Crippen LogP) is 0.804. The molecule has 60 valence electrons. The first-order chi connectivity index (χ1) is 5.27. The molecule has 1 aromatic rings. The minimum atomic E-state index is 0.00769. The Morgan fingerprint density at radius 1 is 1.36 bits per heavy atom. The molecule has 0 saturated carbocycles. The Labute approximate surface area is 64.4 Å². The molecule has 0 spiro atoms. The Morgan fingerprint density at radius 3 is 2.64 bits per heavy atom. The molecular formula is C7H9NO3. The maximum atomic E-state index is 9.09. The van der Waals surface area contributed by atoms with Gasteiger partial charge in [0.25, 0.3) is 0 Å². The zero-order chi connectivity index (χ0) is 8.27. The second-order valence-corrected chi connectivity index (χ2v) is 1.90. The summed E-state index contributed by atoms with van der Waals surface area (Å²) >= 11 is 0. The highest BCUT2D eigenvalue weighted by molar-refractivity contribution is 5.39. The van der Waals surface area contributed by atoms with Crippen LogP contribution in [0.25, 0.3) is 0 Å². The van der Waals surface area contributed by atoms with Crippen LogP contribution in [0.3, 0.4) is 0 Å². The number of ether oxygens (including phenoxy) is 2. The fourth-order valence-corrected chi connectivity index (χ4v) is 0.687. The molecule has 0 aliphatic rings. The maximum Gasteiger partial charge on any atom is 0.216 e. The molecule has 0 aliphatic heterocycles. The minimum absolute atomic E-state index is 0.00769. The van der Waals surface area contributed by atoms with Gasteiger partial charge in [-0.05, 0) is 0 Å². The van der Waals surface area contributed by atoms with Gasteiger partial charge in [-0.3, -0.25) is 0 Å². The molecule has 1 rings (SSSR count). The molecule has 0 fully saturated rings. The average Bonchev–Trinajstić information content (AvgIpc) is 2.05. The van der Waals surface area contributed by atoms with Crippen LogP contribution in [-0.4, -0.2) is 24.3 Å². The lowest BCUT2D eigenvalue weighted by atomic mass is 10.4. The summed E-state index contributed by atoms with van der Waals surface area (Å²) in [6, 6.07) is 1.51. The van der Waals surface area contributed by atoms with Gasteiger partial charge < -0.3 is 14.6 Å². The number of pyridine rings is 1. The number of hydrogen-bond donors (Lipinski definition) is 1. The quantitative estimate of drug-likeness (QED) is 0.686. The van der Waals surface area contributed by atoms with Crippen molar-refractivity contribution in [1.82, 2.24) is 4.98 Å². The molecule has 1 aromatic heterocycles. The first-order valence-electron chi connectivity index (χ1n) is 3.05. The number of methoxy groups -OCH3 is 2. The minimum Gasteiger partial charge on any atom is -0.503 e. The van der Waals surface area contributed by atoms with E-state index in [1.165, 1.54) is 26.5 Å². The maximum absolute atomic E-state index is 9.09. The van der Waals surface area contributed by atoms with Gasteiger partial charge in [0.15, 0.2) is 11.5 Å². The molecule has 0 atom stereocenters. The van der Waals surface area contributed by atoms with E-state index in [1.807, 2.05) is 0 Å². The van der Waals surface area contributed by atoms with Crippen molar-refractivity contribution >= 4 is 0 Å². The van der Waals surface area contributed by atoms with Crippen molar-refractivity contribution in [3.8, 4) is 17.4 Å². The SMILES string of the molecule is COc1cc(OC)c(O)cn1. The van der Waals surface area contributed by atoms with E-state index in [9.17, 15) is 0 Å². The van der Waals surface area contributed by atoms with Crippen molar-refractivity contribution < 1.29 is 14.6 Å². The van der Waals surface area contributed by atoms with Crippen LogP contribution in [0.1, 0.15) is 0 Å². The molecule has 4 nitrogen and oxygen atoms in total. The van der Waals surface area contributed by atoms with E-state index in [4.69, 9.17) is 14.6 Å². The first kappa shape index (κ1) is 7.65. The summed E-state index contributed by atoms with van der Waals surface area (Å²) in [5, 5.41) is 9.09. The van der Waals surface area contributed by atoms with Crippen molar-refractivity contribution in [3.05, 3.63) is 12.3 Å². The van der Waals surface area contributed by atoms with Gasteiger partial charge in [0.1, 0.15) is 0 Å². The zero-order valence-electron chi connectivity index (χ0n) is 6.37. The Balaban J connectivity index is 3.02. The molecule has 1 N–H and O–H groups in total. The fraction of sp³-hybridized carbons (Fsp3) is 0.286. The van der Waals surface area contributed by atoms with Gasteiger partial charge in [-0.2, -0.15) is 0 Å². The van der Waals surface area contributed by atoms with Gasteiger partial charge in [-0.25, -0.2) is 4.98 Å². The van der Waals surface area contributed by atoms with Gasteiger partial charge in [0.05, 0.1) is 20.4 Å². The molecule has 4 heteroatoms. The molecular weight excluding hydrogens is 146 g/mol. The summed E-state index contributed by atoms with van der Waals surface area (Å²) in [5.41, 5.74) is 0. The van der Waals surface area contributed by atoms with Crippen LogP contribution in [0.2, 0.25) is 0 Å². The highest BCUT2D eigenvalue weighted by Crippen LogP contribution is 2.26. The van der Waals surface area contributed by atoms with Crippen LogP contribution in [0.15, 0.2) is 12.3 Å². The summed E-state index contributed by atoms with van der Waals surface area (Å²) in [6.07, 6.45) is 1.28. The van der Waals surface area contributed by atoms with Gasteiger partial charge in [0, 0.05) is 6.07 Å². The second kappa shape index (κ2) is 3.09. The zero-order valence-corrected chi connectivity index (χ0v) is 6.37. The third-order valence-electron chi connectivity index (χ3n) is 1.25.